The Morgan fingerprint density at radius 3 is 2.53 bits per heavy atom. The molecule has 1 amide bonds. The molecule has 0 radical (unpaired) electrons. The molecule has 6 heteroatoms. The first-order valence-corrected chi connectivity index (χ1v) is 9.66. The zero-order chi connectivity index (χ0) is 20.9. The van der Waals surface area contributed by atoms with Crippen LogP contribution in [0.2, 0.25) is 0 Å². The van der Waals surface area contributed by atoms with E-state index in [1.165, 1.54) is 0 Å². The minimum Gasteiger partial charge on any atom is -0.493 e. The van der Waals surface area contributed by atoms with Crippen molar-refractivity contribution in [2.45, 2.75) is 12.5 Å². The zero-order valence-electron chi connectivity index (χ0n) is 16.9. The van der Waals surface area contributed by atoms with Gasteiger partial charge in [-0.3, -0.25) is 4.79 Å². The second-order valence-electron chi connectivity index (χ2n) is 6.96. The summed E-state index contributed by atoms with van der Waals surface area (Å²) in [5, 5.41) is 3.18. The topological polar surface area (TPSA) is 76.2 Å². The van der Waals surface area contributed by atoms with Crippen molar-refractivity contribution in [3.63, 3.8) is 0 Å². The van der Waals surface area contributed by atoms with Gasteiger partial charge in [-0.05, 0) is 41.0 Å². The van der Waals surface area contributed by atoms with E-state index < -0.39 is 0 Å². The van der Waals surface area contributed by atoms with Crippen molar-refractivity contribution in [3.05, 3.63) is 89.7 Å². The van der Waals surface area contributed by atoms with Gasteiger partial charge in [0.15, 0.2) is 11.5 Å². The summed E-state index contributed by atoms with van der Waals surface area (Å²) >= 11 is 0. The van der Waals surface area contributed by atoms with Crippen LogP contribution in [0.4, 0.5) is 0 Å². The minimum absolute atomic E-state index is 0.0826. The summed E-state index contributed by atoms with van der Waals surface area (Å²) in [5.74, 6) is 1.16. The monoisotopic (exact) mass is 401 g/mol. The lowest BCUT2D eigenvalue weighted by molar-refractivity contribution is -0.120. The number of nitrogens with one attached hydrogen (secondary N) is 2. The fraction of sp³-hybridized carbons (Fsp3) is 0.167. The molecule has 1 atom stereocenters. The van der Waals surface area contributed by atoms with E-state index in [9.17, 15) is 4.79 Å². The van der Waals surface area contributed by atoms with Crippen LogP contribution in [0.1, 0.15) is 22.7 Å². The normalized spacial score (nSPS) is 11.8. The van der Waals surface area contributed by atoms with Crippen molar-refractivity contribution >= 4 is 16.9 Å². The maximum atomic E-state index is 12.9. The molecule has 0 bridgehead atoms. The van der Waals surface area contributed by atoms with E-state index in [-0.39, 0.29) is 18.4 Å². The molecular formula is C24H23N3O3. The third kappa shape index (κ3) is 4.12. The summed E-state index contributed by atoms with van der Waals surface area (Å²) in [6.45, 7) is 0. The molecule has 2 N–H and O–H groups in total. The number of carbonyl (C=O) groups is 1. The summed E-state index contributed by atoms with van der Waals surface area (Å²) in [6.07, 6.45) is 1.90. The number of aromatic nitrogens is 2. The number of aromatic amines is 1. The van der Waals surface area contributed by atoms with Crippen LogP contribution in [0.25, 0.3) is 11.0 Å². The van der Waals surface area contributed by atoms with Crippen LogP contribution < -0.4 is 14.8 Å². The Morgan fingerprint density at radius 1 is 0.967 bits per heavy atom. The molecule has 1 aromatic heterocycles. The number of hydrogen-bond acceptors (Lipinski definition) is 4. The number of H-pyrrole nitrogens is 1. The van der Waals surface area contributed by atoms with E-state index in [1.54, 1.807) is 20.5 Å². The molecule has 0 spiro atoms. The van der Waals surface area contributed by atoms with Gasteiger partial charge in [-0.15, -0.1) is 0 Å². The van der Waals surface area contributed by atoms with Crippen molar-refractivity contribution in [1.82, 2.24) is 15.3 Å². The summed E-state index contributed by atoms with van der Waals surface area (Å²) in [5.41, 5.74) is 4.67. The van der Waals surface area contributed by atoms with Gasteiger partial charge in [-0.1, -0.05) is 42.5 Å². The second-order valence-corrected chi connectivity index (χ2v) is 6.96. The van der Waals surface area contributed by atoms with Crippen LogP contribution in [0, 0.1) is 0 Å². The lowest BCUT2D eigenvalue weighted by atomic mass is 9.97. The van der Waals surface area contributed by atoms with E-state index >= 15 is 0 Å². The highest BCUT2D eigenvalue weighted by Gasteiger charge is 2.18. The van der Waals surface area contributed by atoms with Gasteiger partial charge < -0.3 is 19.8 Å². The minimum atomic E-state index is -0.272. The van der Waals surface area contributed by atoms with Crippen molar-refractivity contribution < 1.29 is 14.3 Å². The van der Waals surface area contributed by atoms with Crippen LogP contribution >= 0.6 is 0 Å². The molecule has 0 aliphatic heterocycles. The quantitative estimate of drug-likeness (QED) is 0.490. The number of amides is 1. The molecule has 0 saturated carbocycles. The third-order valence-electron chi connectivity index (χ3n) is 5.03. The van der Waals surface area contributed by atoms with Crippen LogP contribution in [-0.4, -0.2) is 30.1 Å². The number of fused-ring (bicyclic) bond motifs is 1. The van der Waals surface area contributed by atoms with E-state index in [4.69, 9.17) is 9.47 Å². The van der Waals surface area contributed by atoms with E-state index in [2.05, 4.69) is 15.3 Å². The Labute approximate surface area is 174 Å². The highest BCUT2D eigenvalue weighted by molar-refractivity contribution is 5.80. The molecule has 0 saturated heterocycles. The van der Waals surface area contributed by atoms with E-state index in [0.29, 0.717) is 11.5 Å². The molecule has 1 heterocycles. The Kier molecular flexibility index (Phi) is 5.66. The van der Waals surface area contributed by atoms with Gasteiger partial charge in [-0.25, -0.2) is 4.98 Å². The van der Waals surface area contributed by atoms with Gasteiger partial charge in [0.05, 0.1) is 44.0 Å². The number of benzene rings is 3. The Morgan fingerprint density at radius 2 is 1.77 bits per heavy atom. The summed E-state index contributed by atoms with van der Waals surface area (Å²) in [7, 11) is 3.17. The van der Waals surface area contributed by atoms with Gasteiger partial charge in [-0.2, -0.15) is 0 Å². The molecule has 0 fully saturated rings. The molecule has 0 aliphatic rings. The smallest absolute Gasteiger partial charge is 0.225 e. The van der Waals surface area contributed by atoms with Crippen LogP contribution in [0.15, 0.2) is 73.1 Å². The zero-order valence-corrected chi connectivity index (χ0v) is 16.9. The van der Waals surface area contributed by atoms with Crippen LogP contribution in [0.3, 0.4) is 0 Å². The SMILES string of the molecule is COc1ccc(CC(=O)N[C@H](c2ccccc2)c2ccc3nc[nH]c3c2)cc1OC. The summed E-state index contributed by atoms with van der Waals surface area (Å²) in [4.78, 5) is 20.3. The number of rotatable bonds is 7. The standard InChI is InChI=1S/C24H23N3O3/c1-29-21-11-8-16(12-22(21)30-2)13-23(28)27-24(17-6-4-3-5-7-17)18-9-10-19-20(14-18)26-15-25-19/h3-12,14-15,24H,13H2,1-2H3,(H,25,26)(H,27,28)/t24-/m1/s1. The lowest BCUT2D eigenvalue weighted by Gasteiger charge is -2.20. The first kappa shape index (κ1) is 19.5. The lowest BCUT2D eigenvalue weighted by Crippen LogP contribution is -2.30. The third-order valence-corrected chi connectivity index (χ3v) is 5.03. The highest BCUT2D eigenvalue weighted by atomic mass is 16.5. The molecule has 3 aromatic carbocycles. The highest BCUT2D eigenvalue weighted by Crippen LogP contribution is 2.28. The number of carbonyl (C=O) groups excluding carboxylic acids is 1. The molecule has 152 valence electrons. The van der Waals surface area contributed by atoms with Crippen LogP contribution in [-0.2, 0) is 11.2 Å². The van der Waals surface area contributed by atoms with Crippen LogP contribution in [0.5, 0.6) is 11.5 Å². The molecule has 30 heavy (non-hydrogen) atoms. The van der Waals surface area contributed by atoms with Crippen molar-refractivity contribution in [2.24, 2.45) is 0 Å². The Balaban J connectivity index is 1.59. The molecule has 4 rings (SSSR count). The van der Waals surface area contributed by atoms with Gasteiger partial charge >= 0.3 is 0 Å². The van der Waals surface area contributed by atoms with E-state index in [1.807, 2.05) is 66.7 Å². The summed E-state index contributed by atoms with van der Waals surface area (Å²) in [6, 6.07) is 21.1. The fourth-order valence-electron chi connectivity index (χ4n) is 3.53. The largest absolute Gasteiger partial charge is 0.493 e. The predicted molar refractivity (Wildman–Crippen MR) is 116 cm³/mol. The molecular weight excluding hydrogens is 378 g/mol. The van der Waals surface area contributed by atoms with Gasteiger partial charge in [0, 0.05) is 0 Å². The van der Waals surface area contributed by atoms with Crippen molar-refractivity contribution in [1.29, 1.82) is 0 Å². The maximum Gasteiger partial charge on any atom is 0.225 e. The number of ether oxygens (including phenoxy) is 2. The molecule has 4 aromatic rings. The summed E-state index contributed by atoms with van der Waals surface area (Å²) < 4.78 is 10.6. The second kappa shape index (κ2) is 8.69. The number of imidazole rings is 1. The van der Waals surface area contributed by atoms with E-state index in [0.717, 1.165) is 27.7 Å². The number of methoxy groups -OCH3 is 2. The number of hydrogen-bond donors (Lipinski definition) is 2. The van der Waals surface area contributed by atoms with Gasteiger partial charge in [0.25, 0.3) is 0 Å². The van der Waals surface area contributed by atoms with Gasteiger partial charge in [0.2, 0.25) is 5.91 Å². The number of nitrogens with zero attached hydrogens (tertiary/aromatic N) is 1. The maximum absolute atomic E-state index is 12.9. The fourth-order valence-corrected chi connectivity index (χ4v) is 3.53. The Hall–Kier alpha value is -3.80. The van der Waals surface area contributed by atoms with Crippen molar-refractivity contribution in [2.75, 3.05) is 14.2 Å². The first-order valence-electron chi connectivity index (χ1n) is 9.66. The van der Waals surface area contributed by atoms with Gasteiger partial charge in [0.1, 0.15) is 0 Å². The predicted octanol–water partition coefficient (Wildman–Crippen LogP) is 4.03. The van der Waals surface area contributed by atoms with Crippen molar-refractivity contribution in [3.8, 4) is 11.5 Å². The molecule has 6 nitrogen and oxygen atoms in total. The average molecular weight is 401 g/mol. The molecule has 0 unspecified atom stereocenters. The Bertz CT molecular complexity index is 1150. The first-order chi connectivity index (χ1) is 14.7. The molecule has 0 aliphatic carbocycles. The average Bonchev–Trinajstić information content (AvgIpc) is 3.26.